The van der Waals surface area contributed by atoms with Crippen molar-refractivity contribution in [3.8, 4) is 5.82 Å². The molecular weight excluding hydrogens is 432 g/mol. The number of aromatic carboxylic acids is 1. The lowest BCUT2D eigenvalue weighted by atomic mass is 10.0. The number of aryl methyl sites for hydroxylation is 1. The van der Waals surface area contributed by atoms with Gasteiger partial charge in [0.2, 0.25) is 0 Å². The molecule has 2 N–H and O–H groups in total. The molecule has 0 amide bonds. The van der Waals surface area contributed by atoms with Crippen molar-refractivity contribution in [2.45, 2.75) is 44.4 Å². The van der Waals surface area contributed by atoms with Gasteiger partial charge in [0, 0.05) is 12.1 Å². The number of pyridine rings is 1. The first-order valence-corrected chi connectivity index (χ1v) is 10.7. The van der Waals surface area contributed by atoms with Gasteiger partial charge in [-0.15, -0.1) is 0 Å². The molecule has 2 aromatic heterocycles. The number of carboxylic acids is 1. The van der Waals surface area contributed by atoms with Crippen molar-refractivity contribution in [1.29, 1.82) is 0 Å². The first-order chi connectivity index (χ1) is 14.0. The SMILES string of the molecule is Cc1cccnc1-n1nc(C2CC2)c(Br)c1Nc1ccc(C2CC2)cc1C(=O)O. The van der Waals surface area contributed by atoms with Gasteiger partial charge >= 0.3 is 5.97 Å². The van der Waals surface area contributed by atoms with Crippen molar-refractivity contribution in [2.75, 3.05) is 5.32 Å². The number of nitrogens with zero attached hydrogens (tertiary/aromatic N) is 3. The maximum atomic E-state index is 11.9. The maximum Gasteiger partial charge on any atom is 0.337 e. The van der Waals surface area contributed by atoms with Gasteiger partial charge in [-0.1, -0.05) is 12.1 Å². The Labute approximate surface area is 177 Å². The zero-order valence-electron chi connectivity index (χ0n) is 16.0. The molecule has 3 aromatic rings. The van der Waals surface area contributed by atoms with Crippen molar-refractivity contribution < 1.29 is 9.90 Å². The summed E-state index contributed by atoms with van der Waals surface area (Å²) in [6.07, 6.45) is 6.24. The molecule has 7 heteroatoms. The molecule has 29 heavy (non-hydrogen) atoms. The van der Waals surface area contributed by atoms with E-state index < -0.39 is 5.97 Å². The molecule has 0 aliphatic heterocycles. The molecule has 2 heterocycles. The van der Waals surface area contributed by atoms with Crippen LogP contribution in [0.2, 0.25) is 0 Å². The highest BCUT2D eigenvalue weighted by molar-refractivity contribution is 9.10. The minimum absolute atomic E-state index is 0.278. The Bertz CT molecular complexity index is 1120. The van der Waals surface area contributed by atoms with Crippen molar-refractivity contribution in [3.05, 3.63) is 63.4 Å². The van der Waals surface area contributed by atoms with E-state index in [1.807, 2.05) is 31.2 Å². The van der Waals surface area contributed by atoms with Crippen LogP contribution >= 0.6 is 15.9 Å². The van der Waals surface area contributed by atoms with Gasteiger partial charge in [-0.2, -0.15) is 9.78 Å². The van der Waals surface area contributed by atoms with Crippen LogP contribution < -0.4 is 5.32 Å². The predicted octanol–water partition coefficient (Wildman–Crippen LogP) is 5.53. The molecule has 0 saturated heterocycles. The van der Waals surface area contributed by atoms with E-state index >= 15 is 0 Å². The average molecular weight is 453 g/mol. The van der Waals surface area contributed by atoms with Crippen LogP contribution in [-0.2, 0) is 0 Å². The van der Waals surface area contributed by atoms with E-state index in [1.54, 1.807) is 16.9 Å². The number of halogens is 1. The topological polar surface area (TPSA) is 80.0 Å². The van der Waals surface area contributed by atoms with Gasteiger partial charge in [0.1, 0.15) is 0 Å². The standard InChI is InChI=1S/C22H21BrN4O2/c1-12-3-2-10-24-20(12)27-21(18(23)19(26-27)14-6-7-14)25-17-9-8-15(13-4-5-13)11-16(17)22(28)29/h2-3,8-11,13-14,25H,4-7H2,1H3,(H,28,29). The lowest BCUT2D eigenvalue weighted by Gasteiger charge is -2.14. The largest absolute Gasteiger partial charge is 0.478 e. The van der Waals surface area contributed by atoms with E-state index in [-0.39, 0.29) is 5.56 Å². The fourth-order valence-corrected chi connectivity index (χ4v) is 4.31. The van der Waals surface area contributed by atoms with Crippen molar-refractivity contribution in [1.82, 2.24) is 14.8 Å². The Morgan fingerprint density at radius 3 is 2.62 bits per heavy atom. The number of carboxylic acid groups (broad SMARTS) is 1. The third-order valence-electron chi connectivity index (χ3n) is 5.57. The van der Waals surface area contributed by atoms with E-state index in [9.17, 15) is 9.90 Å². The van der Waals surface area contributed by atoms with Gasteiger partial charge in [-0.3, -0.25) is 0 Å². The summed E-state index contributed by atoms with van der Waals surface area (Å²) in [6.45, 7) is 1.99. The number of hydrogen-bond acceptors (Lipinski definition) is 4. The monoisotopic (exact) mass is 452 g/mol. The van der Waals surface area contributed by atoms with Gasteiger partial charge < -0.3 is 10.4 Å². The van der Waals surface area contributed by atoms with E-state index in [0.717, 1.165) is 52.8 Å². The Hall–Kier alpha value is -2.67. The van der Waals surface area contributed by atoms with Gasteiger partial charge in [-0.05, 0) is 83.8 Å². The summed E-state index contributed by atoms with van der Waals surface area (Å²) in [7, 11) is 0. The Morgan fingerprint density at radius 1 is 1.21 bits per heavy atom. The van der Waals surface area contributed by atoms with E-state index in [0.29, 0.717) is 23.3 Å². The van der Waals surface area contributed by atoms with Crippen LogP contribution in [0.15, 0.2) is 41.0 Å². The number of anilines is 2. The molecule has 2 aliphatic carbocycles. The highest BCUT2D eigenvalue weighted by atomic mass is 79.9. The summed E-state index contributed by atoms with van der Waals surface area (Å²) in [5.41, 5.74) is 3.92. The summed E-state index contributed by atoms with van der Waals surface area (Å²) in [4.78, 5) is 16.4. The van der Waals surface area contributed by atoms with Crippen LogP contribution in [0.3, 0.4) is 0 Å². The second-order valence-corrected chi connectivity index (χ2v) is 8.68. The fraction of sp³-hybridized carbons (Fsp3) is 0.318. The quantitative estimate of drug-likeness (QED) is 0.513. The van der Waals surface area contributed by atoms with Crippen LogP contribution in [-0.4, -0.2) is 25.8 Å². The zero-order valence-corrected chi connectivity index (χ0v) is 17.6. The van der Waals surface area contributed by atoms with E-state index in [1.165, 1.54) is 0 Å². The molecule has 0 radical (unpaired) electrons. The summed E-state index contributed by atoms with van der Waals surface area (Å²) in [5.74, 6) is 1.43. The molecule has 1 aromatic carbocycles. The highest BCUT2D eigenvalue weighted by Gasteiger charge is 2.32. The van der Waals surface area contributed by atoms with Gasteiger partial charge in [0.15, 0.2) is 11.6 Å². The second-order valence-electron chi connectivity index (χ2n) is 7.89. The van der Waals surface area contributed by atoms with Crippen molar-refractivity contribution >= 4 is 33.4 Å². The van der Waals surface area contributed by atoms with Crippen LogP contribution in [0.4, 0.5) is 11.5 Å². The summed E-state index contributed by atoms with van der Waals surface area (Å²) >= 11 is 3.71. The Morgan fingerprint density at radius 2 is 1.97 bits per heavy atom. The predicted molar refractivity (Wildman–Crippen MR) is 114 cm³/mol. The Kier molecular flexibility index (Phi) is 4.42. The first kappa shape index (κ1) is 18.4. The molecule has 0 atom stereocenters. The molecule has 5 rings (SSSR count). The lowest BCUT2D eigenvalue weighted by Crippen LogP contribution is -2.09. The third kappa shape index (κ3) is 3.44. The van der Waals surface area contributed by atoms with Crippen LogP contribution in [0.1, 0.15) is 64.7 Å². The number of carbonyl (C=O) groups is 1. The molecular formula is C22H21BrN4O2. The molecule has 6 nitrogen and oxygen atoms in total. The summed E-state index contributed by atoms with van der Waals surface area (Å²) in [6, 6.07) is 9.57. The third-order valence-corrected chi connectivity index (χ3v) is 6.36. The maximum absolute atomic E-state index is 11.9. The second kappa shape index (κ2) is 6.99. The average Bonchev–Trinajstić information content (AvgIpc) is 3.62. The molecule has 148 valence electrons. The Balaban J connectivity index is 1.61. The first-order valence-electron chi connectivity index (χ1n) is 9.87. The lowest BCUT2D eigenvalue weighted by molar-refractivity contribution is 0.0698. The number of rotatable bonds is 6. The minimum Gasteiger partial charge on any atom is -0.478 e. The number of hydrogen-bond donors (Lipinski definition) is 2. The van der Waals surface area contributed by atoms with E-state index in [2.05, 4.69) is 26.2 Å². The van der Waals surface area contributed by atoms with Crippen LogP contribution in [0.5, 0.6) is 0 Å². The molecule has 2 aliphatic rings. The van der Waals surface area contributed by atoms with Crippen LogP contribution in [0, 0.1) is 6.92 Å². The molecule has 0 spiro atoms. The van der Waals surface area contributed by atoms with Crippen molar-refractivity contribution in [3.63, 3.8) is 0 Å². The molecule has 0 unspecified atom stereocenters. The number of nitrogens with one attached hydrogen (secondary N) is 1. The molecule has 2 fully saturated rings. The summed E-state index contributed by atoms with van der Waals surface area (Å²) in [5, 5.41) is 18.0. The van der Waals surface area contributed by atoms with Gasteiger partial charge in [-0.25, -0.2) is 9.78 Å². The molecule has 0 bridgehead atoms. The zero-order chi connectivity index (χ0) is 20.1. The van der Waals surface area contributed by atoms with Crippen molar-refractivity contribution in [2.24, 2.45) is 0 Å². The normalized spacial score (nSPS) is 16.1. The smallest absolute Gasteiger partial charge is 0.337 e. The van der Waals surface area contributed by atoms with Gasteiger partial charge in [0.05, 0.1) is 21.4 Å². The minimum atomic E-state index is -0.936. The van der Waals surface area contributed by atoms with Crippen LogP contribution in [0.25, 0.3) is 5.82 Å². The van der Waals surface area contributed by atoms with E-state index in [4.69, 9.17) is 5.10 Å². The number of aromatic nitrogens is 3. The number of benzene rings is 1. The highest BCUT2D eigenvalue weighted by Crippen LogP contribution is 2.46. The molecule has 2 saturated carbocycles. The summed E-state index contributed by atoms with van der Waals surface area (Å²) < 4.78 is 2.65. The fourth-order valence-electron chi connectivity index (χ4n) is 3.64. The van der Waals surface area contributed by atoms with Gasteiger partial charge in [0.25, 0.3) is 0 Å².